The van der Waals surface area contributed by atoms with Gasteiger partial charge in [-0.3, -0.25) is 0 Å². The molecule has 8 heteroatoms. The molecule has 1 aliphatic rings. The molecule has 4 aromatic rings. The highest BCUT2D eigenvalue weighted by molar-refractivity contribution is 6.00. The Labute approximate surface area is 155 Å². The molecule has 0 amide bonds. The number of phenols is 1. The monoisotopic (exact) mass is 363 g/mol. The van der Waals surface area contributed by atoms with E-state index in [4.69, 9.17) is 10.8 Å². The lowest BCUT2D eigenvalue weighted by Gasteiger charge is -2.29. The molecule has 138 valence electrons. The minimum absolute atomic E-state index is 0.234. The Bertz CT molecular complexity index is 1140. The third-order valence-corrected chi connectivity index (χ3v) is 5.41. The number of benzene rings is 1. The summed E-state index contributed by atoms with van der Waals surface area (Å²) in [5, 5.41) is 16.3. The maximum Gasteiger partial charge on any atom is 0.164 e. The number of anilines is 1. The Hall–Kier alpha value is -3.13. The van der Waals surface area contributed by atoms with Crippen molar-refractivity contribution in [3.8, 4) is 17.1 Å². The zero-order valence-electron chi connectivity index (χ0n) is 15.1. The van der Waals surface area contributed by atoms with Crippen LogP contribution in [0.3, 0.4) is 0 Å². The van der Waals surface area contributed by atoms with Gasteiger partial charge < -0.3 is 20.7 Å². The summed E-state index contributed by atoms with van der Waals surface area (Å²) in [6, 6.07) is 7.51. The van der Waals surface area contributed by atoms with Gasteiger partial charge in [-0.2, -0.15) is 5.10 Å². The fourth-order valence-electron chi connectivity index (χ4n) is 3.93. The molecule has 0 bridgehead atoms. The van der Waals surface area contributed by atoms with Crippen molar-refractivity contribution in [1.82, 2.24) is 29.6 Å². The molecule has 27 heavy (non-hydrogen) atoms. The van der Waals surface area contributed by atoms with E-state index >= 15 is 0 Å². The van der Waals surface area contributed by atoms with E-state index < -0.39 is 0 Å². The first-order valence-corrected chi connectivity index (χ1v) is 9.09. The standard InChI is InChI=1S/C19H21N7O/c1-25-6-4-12(5-7-25)26-19-16(18(20)21-10-22-19)17(24-26)15-9-11-8-13(27)2-3-14(11)23-15/h2-3,8-10,12,23,27H,4-7H2,1H3,(H2,20,21,22). The number of piperidine rings is 1. The number of likely N-dealkylation sites (tertiary alicyclic amines) is 1. The van der Waals surface area contributed by atoms with Crippen molar-refractivity contribution in [3.63, 3.8) is 0 Å². The summed E-state index contributed by atoms with van der Waals surface area (Å²) in [6.07, 6.45) is 3.55. The second kappa shape index (κ2) is 5.95. The summed E-state index contributed by atoms with van der Waals surface area (Å²) in [5.74, 6) is 0.660. The molecule has 1 aromatic carbocycles. The van der Waals surface area contributed by atoms with Gasteiger partial charge in [-0.15, -0.1) is 0 Å². The highest BCUT2D eigenvalue weighted by atomic mass is 16.3. The Morgan fingerprint density at radius 2 is 2.00 bits per heavy atom. The quantitative estimate of drug-likeness (QED) is 0.505. The molecule has 4 heterocycles. The fraction of sp³-hybridized carbons (Fsp3) is 0.316. The van der Waals surface area contributed by atoms with Gasteiger partial charge >= 0.3 is 0 Å². The molecule has 0 atom stereocenters. The number of nitrogen functional groups attached to an aromatic ring is 1. The van der Waals surface area contributed by atoms with Crippen molar-refractivity contribution < 1.29 is 5.11 Å². The summed E-state index contributed by atoms with van der Waals surface area (Å²) in [6.45, 7) is 2.07. The number of nitrogens with zero attached hydrogens (tertiary/aromatic N) is 5. The highest BCUT2D eigenvalue weighted by Gasteiger charge is 2.25. The summed E-state index contributed by atoms with van der Waals surface area (Å²) in [7, 11) is 2.14. The van der Waals surface area contributed by atoms with E-state index in [1.54, 1.807) is 12.1 Å². The largest absolute Gasteiger partial charge is 0.508 e. The molecule has 1 fully saturated rings. The van der Waals surface area contributed by atoms with E-state index in [1.807, 2.05) is 16.8 Å². The van der Waals surface area contributed by atoms with Crippen LogP contribution >= 0.6 is 0 Å². The van der Waals surface area contributed by atoms with Crippen LogP contribution in [0.4, 0.5) is 5.82 Å². The molecule has 0 aliphatic carbocycles. The van der Waals surface area contributed by atoms with Crippen LogP contribution in [0.15, 0.2) is 30.6 Å². The van der Waals surface area contributed by atoms with Gasteiger partial charge in [-0.25, -0.2) is 14.6 Å². The number of hydrogen-bond donors (Lipinski definition) is 3. The number of aromatic hydroxyl groups is 1. The number of hydrogen-bond acceptors (Lipinski definition) is 6. The van der Waals surface area contributed by atoms with Crippen molar-refractivity contribution in [3.05, 3.63) is 30.6 Å². The van der Waals surface area contributed by atoms with E-state index in [-0.39, 0.29) is 5.75 Å². The molecule has 0 saturated carbocycles. The van der Waals surface area contributed by atoms with Gasteiger partial charge in [0.15, 0.2) is 5.65 Å². The lowest BCUT2D eigenvalue weighted by atomic mass is 10.1. The number of fused-ring (bicyclic) bond motifs is 2. The van der Waals surface area contributed by atoms with Gasteiger partial charge in [-0.05, 0) is 57.2 Å². The molecule has 5 rings (SSSR count). The number of nitrogens with one attached hydrogen (secondary N) is 1. The number of H-pyrrole nitrogens is 1. The molecule has 3 aromatic heterocycles. The van der Waals surface area contributed by atoms with Crippen LogP contribution in [0, 0.1) is 0 Å². The average molecular weight is 363 g/mol. The molecule has 8 nitrogen and oxygen atoms in total. The second-order valence-corrected chi connectivity index (χ2v) is 7.24. The summed E-state index contributed by atoms with van der Waals surface area (Å²) in [5.41, 5.74) is 9.50. The number of aromatic amines is 1. The van der Waals surface area contributed by atoms with Gasteiger partial charge in [-0.1, -0.05) is 0 Å². The van der Waals surface area contributed by atoms with Crippen LogP contribution in [0.5, 0.6) is 5.75 Å². The number of rotatable bonds is 2. The molecular formula is C19H21N7O. The molecule has 0 unspecified atom stereocenters. The van der Waals surface area contributed by atoms with E-state index in [9.17, 15) is 5.11 Å². The predicted molar refractivity (Wildman–Crippen MR) is 104 cm³/mol. The highest BCUT2D eigenvalue weighted by Crippen LogP contribution is 2.35. The Balaban J connectivity index is 1.69. The third kappa shape index (κ3) is 2.60. The third-order valence-electron chi connectivity index (χ3n) is 5.41. The van der Waals surface area contributed by atoms with E-state index in [0.717, 1.165) is 59.3 Å². The number of nitrogens with two attached hydrogens (primary N) is 1. The molecular weight excluding hydrogens is 342 g/mol. The molecule has 1 aliphatic heterocycles. The molecule has 4 N–H and O–H groups in total. The van der Waals surface area contributed by atoms with Crippen LogP contribution in [0.1, 0.15) is 18.9 Å². The molecule has 1 saturated heterocycles. The topological polar surface area (TPSA) is 109 Å². The van der Waals surface area contributed by atoms with E-state index in [2.05, 4.69) is 26.9 Å². The zero-order chi connectivity index (χ0) is 18.5. The van der Waals surface area contributed by atoms with Crippen molar-refractivity contribution in [2.24, 2.45) is 0 Å². The number of phenolic OH excluding ortho intramolecular Hbond substituents is 1. The summed E-state index contributed by atoms with van der Waals surface area (Å²) >= 11 is 0. The lowest BCUT2D eigenvalue weighted by molar-refractivity contribution is 0.215. The summed E-state index contributed by atoms with van der Waals surface area (Å²) in [4.78, 5) is 14.4. The SMILES string of the molecule is CN1CCC(n2nc(-c3cc4cc(O)ccc4[nH]3)c3c(N)ncnc32)CC1. The first-order valence-electron chi connectivity index (χ1n) is 9.09. The minimum atomic E-state index is 0.234. The Kier molecular flexibility index (Phi) is 3.54. The molecule has 0 radical (unpaired) electrons. The van der Waals surface area contributed by atoms with Gasteiger partial charge in [0, 0.05) is 10.9 Å². The fourth-order valence-corrected chi connectivity index (χ4v) is 3.93. The molecule has 0 spiro atoms. The van der Waals surface area contributed by atoms with Crippen molar-refractivity contribution in [2.75, 3.05) is 25.9 Å². The smallest absolute Gasteiger partial charge is 0.164 e. The first kappa shape index (κ1) is 16.1. The first-order chi connectivity index (χ1) is 13.1. The lowest BCUT2D eigenvalue weighted by Crippen LogP contribution is -2.31. The normalized spacial score (nSPS) is 16.5. The number of aromatic nitrogens is 5. The van der Waals surface area contributed by atoms with E-state index in [0.29, 0.717) is 11.9 Å². The Morgan fingerprint density at radius 3 is 2.81 bits per heavy atom. The van der Waals surface area contributed by atoms with Gasteiger partial charge in [0.05, 0.1) is 17.1 Å². The van der Waals surface area contributed by atoms with Crippen LogP contribution < -0.4 is 5.73 Å². The van der Waals surface area contributed by atoms with Gasteiger partial charge in [0.25, 0.3) is 0 Å². The van der Waals surface area contributed by atoms with Crippen LogP contribution in [-0.2, 0) is 0 Å². The minimum Gasteiger partial charge on any atom is -0.508 e. The van der Waals surface area contributed by atoms with Crippen LogP contribution in [0.2, 0.25) is 0 Å². The predicted octanol–water partition coefficient (Wildman–Crippen LogP) is 2.53. The van der Waals surface area contributed by atoms with Crippen molar-refractivity contribution in [2.45, 2.75) is 18.9 Å². The van der Waals surface area contributed by atoms with Crippen molar-refractivity contribution in [1.29, 1.82) is 0 Å². The maximum atomic E-state index is 9.74. The van der Waals surface area contributed by atoms with Crippen molar-refractivity contribution >= 4 is 27.8 Å². The van der Waals surface area contributed by atoms with Gasteiger partial charge in [0.2, 0.25) is 0 Å². The van der Waals surface area contributed by atoms with Crippen LogP contribution in [0.25, 0.3) is 33.3 Å². The second-order valence-electron chi connectivity index (χ2n) is 7.24. The van der Waals surface area contributed by atoms with E-state index in [1.165, 1.54) is 6.33 Å². The maximum absolute atomic E-state index is 9.74. The van der Waals surface area contributed by atoms with Crippen LogP contribution in [-0.4, -0.2) is 54.9 Å². The zero-order valence-corrected chi connectivity index (χ0v) is 15.1. The summed E-state index contributed by atoms with van der Waals surface area (Å²) < 4.78 is 2.01. The Morgan fingerprint density at radius 1 is 1.19 bits per heavy atom. The van der Waals surface area contributed by atoms with Gasteiger partial charge in [0.1, 0.15) is 23.6 Å². The average Bonchev–Trinajstić information content (AvgIpc) is 3.24.